The molecule has 0 heterocycles. The van der Waals surface area contributed by atoms with E-state index >= 15 is 0 Å². The third kappa shape index (κ3) is 6.16. The van der Waals surface area contributed by atoms with Gasteiger partial charge in [0.2, 0.25) is 0 Å². The normalized spacial score (nSPS) is 12.9. The lowest BCUT2D eigenvalue weighted by atomic mass is 9.98. The first-order valence-electron chi connectivity index (χ1n) is 6.79. The fraction of sp³-hybridized carbons (Fsp3) is 0.600. The van der Waals surface area contributed by atoms with E-state index in [9.17, 15) is 0 Å². The number of rotatable bonds is 9. The first kappa shape index (κ1) is 16.1. The van der Waals surface area contributed by atoms with Crippen LogP contribution in [-0.4, -0.2) is 26.9 Å². The lowest BCUT2D eigenvalue weighted by molar-refractivity contribution is 0.0586. The molecule has 0 bridgehead atoms. The minimum absolute atomic E-state index is 0.0176. The predicted molar refractivity (Wildman–Crippen MR) is 77.7 cm³/mol. The molecule has 4 heteroatoms. The molecule has 0 saturated carbocycles. The molecule has 0 aliphatic carbocycles. The number of methoxy groups -OCH3 is 1. The number of ether oxygens (including phenoxy) is 2. The summed E-state index contributed by atoms with van der Waals surface area (Å²) in [6.45, 7) is 6.18. The molecule has 0 aliphatic rings. The second kappa shape index (κ2) is 9.04. The molecule has 0 aliphatic heterocycles. The smallest absolute Gasteiger partial charge is 0.0701 e. The minimum Gasteiger partial charge on any atom is -0.382 e. The molecule has 0 fully saturated rings. The highest BCUT2D eigenvalue weighted by Crippen LogP contribution is 2.16. The maximum Gasteiger partial charge on any atom is 0.0701 e. The highest BCUT2D eigenvalue weighted by atomic mass is 16.5. The first-order valence-corrected chi connectivity index (χ1v) is 6.79. The lowest BCUT2D eigenvalue weighted by Crippen LogP contribution is -2.31. The van der Waals surface area contributed by atoms with Crippen molar-refractivity contribution in [1.82, 2.24) is 5.43 Å². The van der Waals surface area contributed by atoms with Gasteiger partial charge in [-0.25, -0.2) is 0 Å². The minimum atomic E-state index is 0.0176. The number of hydrazine groups is 1. The van der Waals surface area contributed by atoms with Crippen LogP contribution in [0.3, 0.4) is 0 Å². The topological polar surface area (TPSA) is 56.5 Å². The molecule has 1 unspecified atom stereocenters. The van der Waals surface area contributed by atoms with E-state index in [-0.39, 0.29) is 6.04 Å². The summed E-state index contributed by atoms with van der Waals surface area (Å²) in [7, 11) is 1.66. The molecule has 0 amide bonds. The van der Waals surface area contributed by atoms with Crippen molar-refractivity contribution in [2.45, 2.75) is 26.3 Å². The summed E-state index contributed by atoms with van der Waals surface area (Å²) in [5.41, 5.74) is 5.31. The van der Waals surface area contributed by atoms with Gasteiger partial charge in [-0.3, -0.25) is 11.3 Å². The van der Waals surface area contributed by atoms with Gasteiger partial charge in [0.1, 0.15) is 0 Å². The summed E-state index contributed by atoms with van der Waals surface area (Å²) in [5, 5.41) is 0. The average Bonchev–Trinajstić information content (AvgIpc) is 2.38. The fourth-order valence-electron chi connectivity index (χ4n) is 1.99. The molecule has 0 radical (unpaired) electrons. The van der Waals surface area contributed by atoms with Crippen LogP contribution >= 0.6 is 0 Å². The van der Waals surface area contributed by atoms with E-state index < -0.39 is 0 Å². The molecular weight excluding hydrogens is 240 g/mol. The van der Waals surface area contributed by atoms with E-state index in [0.29, 0.717) is 25.7 Å². The zero-order valence-electron chi connectivity index (χ0n) is 12.2. The van der Waals surface area contributed by atoms with Crippen molar-refractivity contribution < 1.29 is 9.47 Å². The van der Waals surface area contributed by atoms with E-state index in [1.165, 1.54) is 5.56 Å². The van der Waals surface area contributed by atoms with Gasteiger partial charge in [0.15, 0.2) is 0 Å². The molecule has 0 spiro atoms. The van der Waals surface area contributed by atoms with E-state index in [4.69, 9.17) is 15.3 Å². The molecule has 0 saturated heterocycles. The van der Waals surface area contributed by atoms with Gasteiger partial charge in [-0.05, 0) is 23.5 Å². The Morgan fingerprint density at radius 1 is 1.26 bits per heavy atom. The van der Waals surface area contributed by atoms with Gasteiger partial charge in [0, 0.05) is 7.11 Å². The van der Waals surface area contributed by atoms with E-state index in [2.05, 4.69) is 43.5 Å². The summed E-state index contributed by atoms with van der Waals surface area (Å²) in [4.78, 5) is 0. The second-order valence-electron chi connectivity index (χ2n) is 5.13. The molecule has 1 aromatic carbocycles. The van der Waals surface area contributed by atoms with Gasteiger partial charge >= 0.3 is 0 Å². The Morgan fingerprint density at radius 2 is 2.05 bits per heavy atom. The fourth-order valence-corrected chi connectivity index (χ4v) is 1.99. The van der Waals surface area contributed by atoms with Crippen LogP contribution < -0.4 is 11.3 Å². The number of benzene rings is 1. The van der Waals surface area contributed by atoms with Gasteiger partial charge in [-0.2, -0.15) is 0 Å². The molecule has 3 N–H and O–H groups in total. The van der Waals surface area contributed by atoms with E-state index in [0.717, 1.165) is 12.0 Å². The number of nitrogens with two attached hydrogens (primary N) is 1. The summed E-state index contributed by atoms with van der Waals surface area (Å²) < 4.78 is 10.5. The van der Waals surface area contributed by atoms with Gasteiger partial charge in [0.25, 0.3) is 0 Å². The van der Waals surface area contributed by atoms with Gasteiger partial charge in [0.05, 0.1) is 25.9 Å². The van der Waals surface area contributed by atoms with Crippen molar-refractivity contribution in [3.8, 4) is 0 Å². The molecule has 19 heavy (non-hydrogen) atoms. The third-order valence-electron chi connectivity index (χ3n) is 2.91. The quantitative estimate of drug-likeness (QED) is 0.408. The van der Waals surface area contributed by atoms with E-state index in [1.54, 1.807) is 7.11 Å². The van der Waals surface area contributed by atoms with Crippen molar-refractivity contribution in [3.05, 3.63) is 35.4 Å². The zero-order chi connectivity index (χ0) is 14.1. The Bertz CT molecular complexity index is 356. The van der Waals surface area contributed by atoms with Crippen LogP contribution in [0.4, 0.5) is 0 Å². The van der Waals surface area contributed by atoms with Crippen LogP contribution in [0.1, 0.15) is 31.0 Å². The van der Waals surface area contributed by atoms with Crippen LogP contribution in [-0.2, 0) is 15.9 Å². The lowest BCUT2D eigenvalue weighted by Gasteiger charge is -2.17. The summed E-state index contributed by atoms with van der Waals surface area (Å²) >= 11 is 0. The third-order valence-corrected chi connectivity index (χ3v) is 2.91. The average molecular weight is 266 g/mol. The number of hydrogen-bond acceptors (Lipinski definition) is 4. The highest BCUT2D eigenvalue weighted by Gasteiger charge is 2.10. The summed E-state index contributed by atoms with van der Waals surface area (Å²) in [6.07, 6.45) is 1.08. The van der Waals surface area contributed by atoms with Gasteiger partial charge in [-0.1, -0.05) is 38.1 Å². The molecule has 1 rings (SSSR count). The Hall–Kier alpha value is -0.940. The maximum atomic E-state index is 5.61. The van der Waals surface area contributed by atoms with Gasteiger partial charge < -0.3 is 9.47 Å². The second-order valence-corrected chi connectivity index (χ2v) is 5.13. The molecule has 4 nitrogen and oxygen atoms in total. The van der Waals surface area contributed by atoms with E-state index in [1.807, 2.05) is 0 Å². The van der Waals surface area contributed by atoms with Crippen molar-refractivity contribution in [2.24, 2.45) is 11.8 Å². The molecule has 1 aromatic rings. The Balaban J connectivity index is 2.59. The zero-order valence-corrected chi connectivity index (χ0v) is 12.2. The Morgan fingerprint density at radius 3 is 2.68 bits per heavy atom. The maximum absolute atomic E-state index is 5.61. The molecule has 0 aromatic heterocycles. The molecule has 108 valence electrons. The van der Waals surface area contributed by atoms with Crippen LogP contribution in [0.5, 0.6) is 0 Å². The van der Waals surface area contributed by atoms with Crippen molar-refractivity contribution in [1.29, 1.82) is 0 Å². The molecule has 1 atom stereocenters. The van der Waals surface area contributed by atoms with Crippen LogP contribution in [0.2, 0.25) is 0 Å². The standard InChI is InChI=1S/C15H26N2O2/c1-12(2)9-13-5-4-6-14(10-13)15(17-16)11-19-8-7-18-3/h4-6,10,12,15,17H,7-9,11,16H2,1-3H3. The van der Waals surface area contributed by atoms with Crippen molar-refractivity contribution >= 4 is 0 Å². The summed E-state index contributed by atoms with van der Waals surface area (Å²) in [5.74, 6) is 6.26. The van der Waals surface area contributed by atoms with Crippen molar-refractivity contribution in [2.75, 3.05) is 26.9 Å². The number of nitrogens with one attached hydrogen (secondary N) is 1. The van der Waals surface area contributed by atoms with Crippen LogP contribution in [0.25, 0.3) is 0 Å². The largest absolute Gasteiger partial charge is 0.382 e. The Kier molecular flexibility index (Phi) is 7.67. The SMILES string of the molecule is COCCOCC(NN)c1cccc(CC(C)C)c1. The Labute approximate surface area is 116 Å². The highest BCUT2D eigenvalue weighted by molar-refractivity contribution is 5.26. The summed E-state index contributed by atoms with van der Waals surface area (Å²) in [6, 6.07) is 8.53. The van der Waals surface area contributed by atoms with Crippen molar-refractivity contribution in [3.63, 3.8) is 0 Å². The monoisotopic (exact) mass is 266 g/mol. The van der Waals surface area contributed by atoms with Gasteiger partial charge in [-0.15, -0.1) is 0 Å². The number of hydrogen-bond donors (Lipinski definition) is 2. The molecular formula is C15H26N2O2. The van der Waals surface area contributed by atoms with Crippen LogP contribution in [0.15, 0.2) is 24.3 Å². The van der Waals surface area contributed by atoms with Crippen LogP contribution in [0, 0.1) is 5.92 Å². The predicted octanol–water partition coefficient (Wildman–Crippen LogP) is 2.05. The first-order chi connectivity index (χ1) is 9.17.